The highest BCUT2D eigenvalue weighted by molar-refractivity contribution is 5.86. The quantitative estimate of drug-likeness (QED) is 0.478. The SMILES string of the molecule is CCOC(=O)Nc1nnc(C)nc1NN. The molecule has 0 unspecified atom stereocenters. The molecule has 1 amide bonds. The number of aryl methyl sites for hydroxylation is 1. The van der Waals surface area contributed by atoms with Gasteiger partial charge in [-0.3, -0.25) is 5.32 Å². The van der Waals surface area contributed by atoms with Gasteiger partial charge in [0.2, 0.25) is 5.82 Å². The van der Waals surface area contributed by atoms with Gasteiger partial charge in [-0.2, -0.15) is 0 Å². The van der Waals surface area contributed by atoms with Crippen molar-refractivity contribution in [1.29, 1.82) is 0 Å². The van der Waals surface area contributed by atoms with Gasteiger partial charge < -0.3 is 10.2 Å². The van der Waals surface area contributed by atoms with E-state index >= 15 is 0 Å². The summed E-state index contributed by atoms with van der Waals surface area (Å²) >= 11 is 0. The van der Waals surface area contributed by atoms with E-state index in [-0.39, 0.29) is 18.2 Å². The molecule has 8 nitrogen and oxygen atoms in total. The van der Waals surface area contributed by atoms with E-state index in [4.69, 9.17) is 5.84 Å². The zero-order valence-corrected chi connectivity index (χ0v) is 8.44. The van der Waals surface area contributed by atoms with Crippen LogP contribution in [-0.2, 0) is 4.74 Å². The molecule has 0 bridgehead atoms. The van der Waals surface area contributed by atoms with Crippen molar-refractivity contribution in [2.45, 2.75) is 13.8 Å². The van der Waals surface area contributed by atoms with Gasteiger partial charge in [0.15, 0.2) is 11.6 Å². The normalized spacial score (nSPS) is 9.53. The highest BCUT2D eigenvalue weighted by Gasteiger charge is 2.10. The van der Waals surface area contributed by atoms with Crippen LogP contribution in [0.4, 0.5) is 16.4 Å². The van der Waals surface area contributed by atoms with E-state index in [9.17, 15) is 4.79 Å². The number of rotatable bonds is 3. The lowest BCUT2D eigenvalue weighted by Gasteiger charge is -2.07. The van der Waals surface area contributed by atoms with Crippen molar-refractivity contribution < 1.29 is 9.53 Å². The monoisotopic (exact) mass is 212 g/mol. The maximum Gasteiger partial charge on any atom is 0.412 e. The van der Waals surface area contributed by atoms with Crippen LogP contribution < -0.4 is 16.6 Å². The van der Waals surface area contributed by atoms with Gasteiger partial charge in [-0.15, -0.1) is 10.2 Å². The first-order chi connectivity index (χ1) is 7.17. The summed E-state index contributed by atoms with van der Waals surface area (Å²) in [6.45, 7) is 3.62. The van der Waals surface area contributed by atoms with Crippen LogP contribution in [0.1, 0.15) is 12.7 Å². The molecule has 0 aliphatic rings. The molecule has 0 atom stereocenters. The Morgan fingerprint density at radius 2 is 2.20 bits per heavy atom. The highest BCUT2D eigenvalue weighted by Crippen LogP contribution is 2.12. The summed E-state index contributed by atoms with van der Waals surface area (Å²) in [6, 6.07) is 0. The van der Waals surface area contributed by atoms with Crippen LogP contribution in [0.3, 0.4) is 0 Å². The van der Waals surface area contributed by atoms with Crippen molar-refractivity contribution in [2.24, 2.45) is 5.84 Å². The molecule has 1 aromatic heterocycles. The van der Waals surface area contributed by atoms with Gasteiger partial charge >= 0.3 is 6.09 Å². The minimum atomic E-state index is -0.631. The zero-order chi connectivity index (χ0) is 11.3. The number of amides is 1. The van der Waals surface area contributed by atoms with Crippen LogP contribution in [0, 0.1) is 6.92 Å². The fraction of sp³-hybridized carbons (Fsp3) is 0.429. The van der Waals surface area contributed by atoms with Crippen molar-refractivity contribution >= 4 is 17.7 Å². The second-order valence-corrected chi connectivity index (χ2v) is 2.55. The number of aromatic nitrogens is 3. The topological polar surface area (TPSA) is 115 Å². The number of nitrogens with zero attached hydrogens (tertiary/aromatic N) is 3. The van der Waals surface area contributed by atoms with Gasteiger partial charge in [-0.1, -0.05) is 0 Å². The van der Waals surface area contributed by atoms with E-state index in [1.807, 2.05) is 0 Å². The van der Waals surface area contributed by atoms with Crippen LogP contribution in [0.15, 0.2) is 0 Å². The fourth-order valence-electron chi connectivity index (χ4n) is 0.856. The Kier molecular flexibility index (Phi) is 3.75. The molecule has 1 rings (SSSR count). The molecule has 1 heterocycles. The van der Waals surface area contributed by atoms with Gasteiger partial charge in [-0.25, -0.2) is 15.6 Å². The Labute approximate surface area is 86.2 Å². The Morgan fingerprint density at radius 1 is 1.47 bits per heavy atom. The maximum absolute atomic E-state index is 11.1. The van der Waals surface area contributed by atoms with Crippen molar-refractivity contribution in [3.05, 3.63) is 5.82 Å². The highest BCUT2D eigenvalue weighted by atomic mass is 16.5. The molecule has 4 N–H and O–H groups in total. The number of nitrogen functional groups attached to an aromatic ring is 1. The molecule has 0 aromatic carbocycles. The summed E-state index contributed by atoms with van der Waals surface area (Å²) in [5.74, 6) is 6.00. The first kappa shape index (κ1) is 11.1. The van der Waals surface area contributed by atoms with Gasteiger partial charge in [0.05, 0.1) is 6.61 Å². The molecule has 0 radical (unpaired) electrons. The smallest absolute Gasteiger partial charge is 0.412 e. The molecule has 0 saturated carbocycles. The van der Waals surface area contributed by atoms with Crippen molar-refractivity contribution in [3.63, 3.8) is 0 Å². The molecule has 0 aliphatic heterocycles. The first-order valence-electron chi connectivity index (χ1n) is 4.29. The molecule has 0 aliphatic carbocycles. The summed E-state index contributed by atoms with van der Waals surface area (Å²) in [7, 11) is 0. The summed E-state index contributed by atoms with van der Waals surface area (Å²) in [5, 5.41) is 9.73. The third kappa shape index (κ3) is 3.02. The first-order valence-corrected chi connectivity index (χ1v) is 4.29. The van der Waals surface area contributed by atoms with Crippen LogP contribution in [0.2, 0.25) is 0 Å². The van der Waals surface area contributed by atoms with Gasteiger partial charge in [-0.05, 0) is 13.8 Å². The lowest BCUT2D eigenvalue weighted by Crippen LogP contribution is -2.19. The summed E-state index contributed by atoms with van der Waals surface area (Å²) < 4.78 is 4.66. The molecule has 0 spiro atoms. The number of hydrazine groups is 1. The average Bonchev–Trinajstić information content (AvgIpc) is 2.21. The lowest BCUT2D eigenvalue weighted by atomic mass is 10.6. The average molecular weight is 212 g/mol. The molecular formula is C7H12N6O2. The number of nitrogens with two attached hydrogens (primary N) is 1. The number of ether oxygens (including phenoxy) is 1. The summed E-state index contributed by atoms with van der Waals surface area (Å²) in [4.78, 5) is 15.0. The van der Waals surface area contributed by atoms with Gasteiger partial charge in [0.1, 0.15) is 0 Å². The van der Waals surface area contributed by atoms with Crippen LogP contribution in [-0.4, -0.2) is 27.9 Å². The third-order valence-electron chi connectivity index (χ3n) is 1.43. The number of anilines is 2. The van der Waals surface area contributed by atoms with Crippen molar-refractivity contribution in [1.82, 2.24) is 15.2 Å². The minimum Gasteiger partial charge on any atom is -0.450 e. The molecule has 1 aromatic rings. The number of hydrogen-bond acceptors (Lipinski definition) is 7. The van der Waals surface area contributed by atoms with E-state index < -0.39 is 6.09 Å². The number of nitrogens with one attached hydrogen (secondary N) is 2. The Hall–Kier alpha value is -1.96. The Bertz CT molecular complexity index is 355. The van der Waals surface area contributed by atoms with Crippen LogP contribution >= 0.6 is 0 Å². The second-order valence-electron chi connectivity index (χ2n) is 2.55. The molecule has 82 valence electrons. The van der Waals surface area contributed by atoms with Crippen LogP contribution in [0.5, 0.6) is 0 Å². The summed E-state index contributed by atoms with van der Waals surface area (Å²) in [6.07, 6.45) is -0.631. The largest absolute Gasteiger partial charge is 0.450 e. The van der Waals surface area contributed by atoms with Crippen LogP contribution in [0.25, 0.3) is 0 Å². The van der Waals surface area contributed by atoms with Gasteiger partial charge in [0.25, 0.3) is 0 Å². The van der Waals surface area contributed by atoms with E-state index in [2.05, 4.69) is 30.7 Å². The van der Waals surface area contributed by atoms with E-state index in [1.54, 1.807) is 13.8 Å². The second kappa shape index (κ2) is 5.05. The predicted octanol–water partition coefficient (Wildman–Crippen LogP) is 0.0340. The predicted molar refractivity (Wildman–Crippen MR) is 53.0 cm³/mol. The van der Waals surface area contributed by atoms with Crippen molar-refractivity contribution in [3.8, 4) is 0 Å². The standard InChI is InChI=1S/C7H12N6O2/c1-3-15-7(14)10-6-5(11-8)9-4(2)12-13-6/h3,8H2,1-2H3,(H,9,11,12)(H,10,13,14). The third-order valence-corrected chi connectivity index (χ3v) is 1.43. The minimum absolute atomic E-state index is 0.126. The molecule has 15 heavy (non-hydrogen) atoms. The Balaban J connectivity index is 2.80. The van der Waals surface area contributed by atoms with Crippen molar-refractivity contribution in [2.75, 3.05) is 17.3 Å². The number of carbonyl (C=O) groups excluding carboxylic acids is 1. The lowest BCUT2D eigenvalue weighted by molar-refractivity contribution is 0.168. The molecule has 0 fully saturated rings. The molecular weight excluding hydrogens is 200 g/mol. The number of carbonyl (C=O) groups is 1. The maximum atomic E-state index is 11.1. The molecule has 0 saturated heterocycles. The Morgan fingerprint density at radius 3 is 2.80 bits per heavy atom. The van der Waals surface area contributed by atoms with E-state index in [0.717, 1.165) is 0 Å². The van der Waals surface area contributed by atoms with E-state index in [0.29, 0.717) is 5.82 Å². The summed E-state index contributed by atoms with van der Waals surface area (Å²) in [5.41, 5.74) is 2.30. The fourth-order valence-corrected chi connectivity index (χ4v) is 0.856. The van der Waals surface area contributed by atoms with Gasteiger partial charge in [0, 0.05) is 0 Å². The zero-order valence-electron chi connectivity index (χ0n) is 8.44. The number of hydrogen-bond donors (Lipinski definition) is 3. The molecule has 8 heteroatoms. The van der Waals surface area contributed by atoms with E-state index in [1.165, 1.54) is 0 Å².